The minimum Gasteiger partial charge on any atom is -0.419 e. The van der Waals surface area contributed by atoms with Crippen LogP contribution in [0.2, 0.25) is 0 Å². The summed E-state index contributed by atoms with van der Waals surface area (Å²) in [6, 6.07) is 2.04. The second-order valence-electron chi connectivity index (χ2n) is 3.72. The summed E-state index contributed by atoms with van der Waals surface area (Å²) >= 11 is 0. The van der Waals surface area contributed by atoms with E-state index in [9.17, 15) is 4.79 Å². The zero-order chi connectivity index (χ0) is 10.8. The van der Waals surface area contributed by atoms with E-state index in [0.717, 1.165) is 0 Å². The molecule has 0 saturated carbocycles. The van der Waals surface area contributed by atoms with Gasteiger partial charge in [-0.25, -0.2) is 0 Å². The molecule has 74 valence electrons. The Hall–Kier alpha value is -1.70. The number of rotatable bonds is 3. The number of ketones is 1. The summed E-state index contributed by atoms with van der Waals surface area (Å²) in [5, 5.41) is 15.9. The van der Waals surface area contributed by atoms with Crippen molar-refractivity contribution >= 4 is 5.78 Å². The third-order valence-electron chi connectivity index (χ3n) is 1.67. The number of hydrogen-bond donors (Lipinski definition) is 0. The molecule has 5 nitrogen and oxygen atoms in total. The largest absolute Gasteiger partial charge is 0.419 e. The highest BCUT2D eigenvalue weighted by Crippen LogP contribution is 2.20. The van der Waals surface area contributed by atoms with Gasteiger partial charge in [-0.2, -0.15) is 5.26 Å². The van der Waals surface area contributed by atoms with Crippen molar-refractivity contribution in [3.05, 3.63) is 11.8 Å². The van der Waals surface area contributed by atoms with Crippen LogP contribution in [0.3, 0.4) is 0 Å². The Labute approximate surface area is 81.7 Å². The predicted molar refractivity (Wildman–Crippen MR) is 47.4 cm³/mol. The van der Waals surface area contributed by atoms with Crippen LogP contribution in [0.4, 0.5) is 0 Å². The van der Waals surface area contributed by atoms with E-state index in [1.165, 1.54) is 0 Å². The van der Waals surface area contributed by atoms with Crippen molar-refractivity contribution in [1.29, 1.82) is 5.26 Å². The lowest BCUT2D eigenvalue weighted by molar-refractivity contribution is 0.0916. The number of carbonyl (C=O) groups is 1. The van der Waals surface area contributed by atoms with Gasteiger partial charge < -0.3 is 4.42 Å². The lowest BCUT2D eigenvalue weighted by Crippen LogP contribution is -2.15. The Bertz CT molecular complexity index is 387. The van der Waals surface area contributed by atoms with Gasteiger partial charge in [0.05, 0.1) is 11.5 Å². The molecule has 0 atom stereocenters. The molecule has 0 aliphatic heterocycles. The monoisotopic (exact) mass is 193 g/mol. The Morgan fingerprint density at radius 3 is 2.64 bits per heavy atom. The summed E-state index contributed by atoms with van der Waals surface area (Å²) in [4.78, 5) is 11.5. The van der Waals surface area contributed by atoms with Crippen LogP contribution in [0.5, 0.6) is 0 Å². The summed E-state index contributed by atoms with van der Waals surface area (Å²) < 4.78 is 4.95. The normalized spacial score (nSPS) is 11.0. The van der Waals surface area contributed by atoms with E-state index in [2.05, 4.69) is 10.2 Å². The zero-order valence-electron chi connectivity index (χ0n) is 8.37. The Balaban J connectivity index is 2.74. The zero-order valence-corrected chi connectivity index (χ0v) is 8.37. The summed E-state index contributed by atoms with van der Waals surface area (Å²) in [6.07, 6.45) is 0.0884. The second kappa shape index (κ2) is 3.58. The molecular formula is C9H11N3O2. The Kier molecular flexibility index (Phi) is 2.65. The minimum absolute atomic E-state index is 0.0224. The van der Waals surface area contributed by atoms with Crippen molar-refractivity contribution in [2.45, 2.75) is 27.2 Å². The van der Waals surface area contributed by atoms with Crippen molar-refractivity contribution in [2.24, 2.45) is 5.41 Å². The second-order valence-corrected chi connectivity index (χ2v) is 3.72. The van der Waals surface area contributed by atoms with Crippen molar-refractivity contribution in [3.63, 3.8) is 0 Å². The van der Waals surface area contributed by atoms with E-state index in [0.29, 0.717) is 5.89 Å². The molecule has 0 fully saturated rings. The first-order chi connectivity index (χ1) is 6.44. The summed E-state index contributed by atoms with van der Waals surface area (Å²) in [6.45, 7) is 4.99. The van der Waals surface area contributed by atoms with Crippen molar-refractivity contribution in [1.82, 2.24) is 10.2 Å². The first kappa shape index (κ1) is 10.4. The van der Waals surface area contributed by atoms with Gasteiger partial charge in [-0.15, -0.1) is 10.2 Å². The number of hydrogen-bond acceptors (Lipinski definition) is 5. The summed E-state index contributed by atoms with van der Waals surface area (Å²) in [5.41, 5.74) is -0.695. The fraction of sp³-hybridized carbons (Fsp3) is 0.556. The van der Waals surface area contributed by atoms with E-state index in [4.69, 9.17) is 9.68 Å². The number of nitriles is 1. The predicted octanol–water partition coefficient (Wildman–Crippen LogP) is 1.50. The Morgan fingerprint density at radius 1 is 1.57 bits per heavy atom. The van der Waals surface area contributed by atoms with Gasteiger partial charge in [0.25, 0.3) is 5.89 Å². The van der Waals surface area contributed by atoms with Crippen molar-refractivity contribution in [2.75, 3.05) is 0 Å². The molecule has 0 radical (unpaired) electrons. The quantitative estimate of drug-likeness (QED) is 0.679. The fourth-order valence-corrected chi connectivity index (χ4v) is 0.926. The maximum Gasteiger partial charge on any atom is 0.284 e. The molecule has 0 spiro atoms. The molecule has 0 unspecified atom stereocenters. The average Bonchev–Trinajstić information content (AvgIpc) is 2.51. The van der Waals surface area contributed by atoms with Crippen LogP contribution in [0.15, 0.2) is 4.42 Å². The van der Waals surface area contributed by atoms with E-state index < -0.39 is 5.41 Å². The highest BCUT2D eigenvalue weighted by atomic mass is 16.4. The van der Waals surface area contributed by atoms with Crippen LogP contribution in [0, 0.1) is 23.7 Å². The van der Waals surface area contributed by atoms with Crippen LogP contribution in [-0.4, -0.2) is 16.0 Å². The molecular weight excluding hydrogens is 182 g/mol. The van der Waals surface area contributed by atoms with Crippen LogP contribution >= 0.6 is 0 Å². The maximum atomic E-state index is 11.5. The molecule has 0 bridgehead atoms. The third-order valence-corrected chi connectivity index (χ3v) is 1.67. The molecule has 1 aromatic rings. The third kappa shape index (κ3) is 2.39. The molecule has 0 aromatic carbocycles. The van der Waals surface area contributed by atoms with E-state index in [1.807, 2.05) is 6.07 Å². The first-order valence-electron chi connectivity index (χ1n) is 4.19. The molecule has 1 heterocycles. The molecule has 1 aromatic heterocycles. The van der Waals surface area contributed by atoms with Crippen LogP contribution in [-0.2, 0) is 0 Å². The lowest BCUT2D eigenvalue weighted by atomic mass is 9.89. The molecule has 5 heteroatoms. The maximum absolute atomic E-state index is 11.5. The van der Waals surface area contributed by atoms with Gasteiger partial charge in [-0.1, -0.05) is 0 Å². The number of Topliss-reactive ketones (excluding diaryl/α,β-unsaturated/α-hetero) is 1. The highest BCUT2D eigenvalue weighted by Gasteiger charge is 2.25. The topological polar surface area (TPSA) is 79.8 Å². The van der Waals surface area contributed by atoms with Gasteiger partial charge in [0.1, 0.15) is 0 Å². The molecule has 0 saturated heterocycles. The summed E-state index contributed by atoms with van der Waals surface area (Å²) in [5.74, 6) is 0.0334. The molecule has 1 rings (SSSR count). The molecule has 0 amide bonds. The van der Waals surface area contributed by atoms with Crippen LogP contribution < -0.4 is 0 Å². The standard InChI is InChI=1S/C9H11N3O2/c1-6-11-12-8(14-6)7(13)4-9(2,3)5-10/h4H2,1-3H3. The molecule has 0 aliphatic carbocycles. The van der Waals surface area contributed by atoms with E-state index in [1.54, 1.807) is 20.8 Å². The van der Waals surface area contributed by atoms with Gasteiger partial charge in [-0.05, 0) is 13.8 Å². The fourth-order valence-electron chi connectivity index (χ4n) is 0.926. The molecule has 0 N–H and O–H groups in total. The average molecular weight is 193 g/mol. The van der Waals surface area contributed by atoms with Gasteiger partial charge in [-0.3, -0.25) is 4.79 Å². The SMILES string of the molecule is Cc1nnc(C(=O)CC(C)(C)C#N)o1. The van der Waals surface area contributed by atoms with Crippen LogP contribution in [0.25, 0.3) is 0 Å². The van der Waals surface area contributed by atoms with E-state index >= 15 is 0 Å². The number of aromatic nitrogens is 2. The van der Waals surface area contributed by atoms with Gasteiger partial charge in [0, 0.05) is 13.3 Å². The minimum atomic E-state index is -0.695. The Morgan fingerprint density at radius 2 is 2.21 bits per heavy atom. The van der Waals surface area contributed by atoms with Gasteiger partial charge in [0.15, 0.2) is 0 Å². The van der Waals surface area contributed by atoms with Crippen molar-refractivity contribution in [3.8, 4) is 6.07 Å². The smallest absolute Gasteiger partial charge is 0.284 e. The van der Waals surface area contributed by atoms with E-state index in [-0.39, 0.29) is 18.1 Å². The first-order valence-corrected chi connectivity index (χ1v) is 4.19. The lowest BCUT2D eigenvalue weighted by Gasteiger charge is -2.11. The number of carbonyl (C=O) groups excluding carboxylic acids is 1. The number of nitrogens with zero attached hydrogens (tertiary/aromatic N) is 3. The molecule has 0 aliphatic rings. The van der Waals surface area contributed by atoms with Crippen molar-refractivity contribution < 1.29 is 9.21 Å². The van der Waals surface area contributed by atoms with Crippen LogP contribution in [0.1, 0.15) is 36.8 Å². The number of aryl methyl sites for hydroxylation is 1. The van der Waals surface area contributed by atoms with Gasteiger partial charge >= 0.3 is 0 Å². The summed E-state index contributed by atoms with van der Waals surface area (Å²) in [7, 11) is 0. The van der Waals surface area contributed by atoms with Gasteiger partial charge in [0.2, 0.25) is 11.7 Å². The molecule has 14 heavy (non-hydrogen) atoms. The highest BCUT2D eigenvalue weighted by molar-refractivity contribution is 5.92.